The Morgan fingerprint density at radius 3 is 2.52 bits per heavy atom. The van der Waals surface area contributed by atoms with Gasteiger partial charge in [-0.05, 0) is 42.7 Å². The highest BCUT2D eigenvalue weighted by Crippen LogP contribution is 2.17. The van der Waals surface area contributed by atoms with Gasteiger partial charge in [0.15, 0.2) is 0 Å². The van der Waals surface area contributed by atoms with Crippen molar-refractivity contribution >= 4 is 11.5 Å². The lowest BCUT2D eigenvalue weighted by Crippen LogP contribution is -1.96. The highest BCUT2D eigenvalue weighted by Gasteiger charge is 2.03. The van der Waals surface area contributed by atoms with Gasteiger partial charge in [0.05, 0.1) is 6.42 Å². The molecule has 1 aromatic rings. The molecule has 0 unspecified atom stereocenters. The molecule has 0 atom stereocenters. The van der Waals surface area contributed by atoms with E-state index in [1.807, 2.05) is 32.1 Å². The summed E-state index contributed by atoms with van der Waals surface area (Å²) >= 11 is 0. The second-order valence-corrected chi connectivity index (χ2v) is 4.71. The Balaban J connectivity index is 0.00000122. The minimum Gasteiger partial charge on any atom is -0.481 e. The van der Waals surface area contributed by atoms with E-state index in [1.165, 1.54) is 6.42 Å². The molecule has 3 nitrogen and oxygen atoms in total. The third-order valence-corrected chi connectivity index (χ3v) is 2.36. The van der Waals surface area contributed by atoms with Gasteiger partial charge < -0.3 is 5.11 Å². The standard InChI is InChI=1S/C15H17NO2.C3H8/c1-4-5-13(10-15(17)18)8-11(2)14-6-7-16-12(3)9-14;1-3-2/h4-9H,2,10H2,1,3H3,(H,17,18);3H2,1-2H3/b5-4-,13-8+;. The minimum atomic E-state index is -0.849. The first kappa shape index (κ1) is 18.8. The van der Waals surface area contributed by atoms with Crippen LogP contribution in [0, 0.1) is 6.92 Å². The Labute approximate surface area is 127 Å². The molecule has 0 spiro atoms. The number of rotatable bonds is 5. The largest absolute Gasteiger partial charge is 0.481 e. The van der Waals surface area contributed by atoms with Crippen LogP contribution in [0.15, 0.2) is 48.7 Å². The van der Waals surface area contributed by atoms with Gasteiger partial charge in [0.25, 0.3) is 0 Å². The summed E-state index contributed by atoms with van der Waals surface area (Å²) in [6, 6.07) is 3.78. The second kappa shape index (κ2) is 10.6. The molecule has 114 valence electrons. The smallest absolute Gasteiger partial charge is 0.307 e. The second-order valence-electron chi connectivity index (χ2n) is 4.71. The Kier molecular flexibility index (Phi) is 9.52. The topological polar surface area (TPSA) is 50.2 Å². The number of nitrogens with zero attached hydrogens (tertiary/aromatic N) is 1. The zero-order valence-electron chi connectivity index (χ0n) is 13.4. The predicted octanol–water partition coefficient (Wildman–Crippen LogP) is 4.80. The van der Waals surface area contributed by atoms with Crippen LogP contribution in [0.25, 0.3) is 5.57 Å². The van der Waals surface area contributed by atoms with Gasteiger partial charge in [-0.1, -0.05) is 45.1 Å². The molecule has 0 saturated heterocycles. The maximum atomic E-state index is 10.7. The fourth-order valence-corrected chi connectivity index (χ4v) is 1.60. The molecule has 0 fully saturated rings. The van der Waals surface area contributed by atoms with Crippen LogP contribution in [0.5, 0.6) is 0 Å². The van der Waals surface area contributed by atoms with Gasteiger partial charge in [-0.25, -0.2) is 0 Å². The number of carbonyl (C=O) groups is 1. The van der Waals surface area contributed by atoms with E-state index in [2.05, 4.69) is 25.4 Å². The number of hydrogen-bond acceptors (Lipinski definition) is 2. The molecular formula is C18H25NO2. The van der Waals surface area contributed by atoms with E-state index in [4.69, 9.17) is 5.11 Å². The van der Waals surface area contributed by atoms with Crippen molar-refractivity contribution in [2.24, 2.45) is 0 Å². The lowest BCUT2D eigenvalue weighted by atomic mass is 10.0. The summed E-state index contributed by atoms with van der Waals surface area (Å²) in [6.07, 6.45) is 8.36. The molecule has 0 aliphatic heterocycles. The van der Waals surface area contributed by atoms with Crippen molar-refractivity contribution in [3.63, 3.8) is 0 Å². The van der Waals surface area contributed by atoms with Crippen molar-refractivity contribution in [2.75, 3.05) is 0 Å². The van der Waals surface area contributed by atoms with Crippen molar-refractivity contribution in [2.45, 2.75) is 40.5 Å². The first-order valence-corrected chi connectivity index (χ1v) is 7.11. The normalized spacial score (nSPS) is 11.0. The number of aromatic nitrogens is 1. The first-order chi connectivity index (χ1) is 9.94. The Morgan fingerprint density at radius 1 is 1.43 bits per heavy atom. The lowest BCUT2D eigenvalue weighted by molar-refractivity contribution is -0.136. The van der Waals surface area contributed by atoms with Crippen LogP contribution in [0.3, 0.4) is 0 Å². The van der Waals surface area contributed by atoms with Gasteiger partial charge in [0, 0.05) is 11.9 Å². The van der Waals surface area contributed by atoms with Crippen molar-refractivity contribution in [3.8, 4) is 0 Å². The van der Waals surface area contributed by atoms with E-state index in [9.17, 15) is 4.79 Å². The molecule has 21 heavy (non-hydrogen) atoms. The van der Waals surface area contributed by atoms with Crippen LogP contribution < -0.4 is 0 Å². The molecule has 0 aliphatic rings. The molecule has 1 heterocycles. The molecular weight excluding hydrogens is 262 g/mol. The molecule has 3 heteroatoms. The summed E-state index contributed by atoms with van der Waals surface area (Å²) in [7, 11) is 0. The molecule has 1 rings (SSSR count). The van der Waals surface area contributed by atoms with Crippen LogP contribution in [0.4, 0.5) is 0 Å². The maximum absolute atomic E-state index is 10.7. The minimum absolute atomic E-state index is 0.00652. The van der Waals surface area contributed by atoms with Gasteiger partial charge in [-0.3, -0.25) is 9.78 Å². The summed E-state index contributed by atoms with van der Waals surface area (Å²) in [5.41, 5.74) is 3.38. The highest BCUT2D eigenvalue weighted by molar-refractivity contribution is 5.77. The number of pyridine rings is 1. The molecule has 0 amide bonds. The third kappa shape index (κ3) is 8.58. The number of carboxylic acid groups (broad SMARTS) is 1. The number of allylic oxidation sites excluding steroid dienone is 4. The van der Waals surface area contributed by atoms with Gasteiger partial charge in [-0.2, -0.15) is 0 Å². The van der Waals surface area contributed by atoms with Crippen LogP contribution in [-0.4, -0.2) is 16.1 Å². The van der Waals surface area contributed by atoms with Crippen LogP contribution in [0.1, 0.15) is 44.9 Å². The molecule has 0 aliphatic carbocycles. The molecule has 0 saturated carbocycles. The average Bonchev–Trinajstić information content (AvgIpc) is 2.39. The summed E-state index contributed by atoms with van der Waals surface area (Å²) in [6.45, 7) is 12.0. The summed E-state index contributed by atoms with van der Waals surface area (Å²) in [5.74, 6) is -0.849. The molecule has 1 aromatic heterocycles. The summed E-state index contributed by atoms with van der Waals surface area (Å²) in [5, 5.41) is 8.82. The first-order valence-electron chi connectivity index (χ1n) is 7.11. The fourth-order valence-electron chi connectivity index (χ4n) is 1.60. The molecule has 0 bridgehead atoms. The molecule has 0 radical (unpaired) electrons. The van der Waals surface area contributed by atoms with E-state index < -0.39 is 5.97 Å². The Hall–Kier alpha value is -2.16. The Morgan fingerprint density at radius 2 is 2.05 bits per heavy atom. The van der Waals surface area contributed by atoms with Crippen molar-refractivity contribution in [3.05, 3.63) is 60.0 Å². The van der Waals surface area contributed by atoms with Gasteiger partial charge in [0.2, 0.25) is 0 Å². The van der Waals surface area contributed by atoms with E-state index in [0.29, 0.717) is 0 Å². The van der Waals surface area contributed by atoms with Gasteiger partial charge in [0.1, 0.15) is 0 Å². The van der Waals surface area contributed by atoms with Crippen LogP contribution in [0.2, 0.25) is 0 Å². The summed E-state index contributed by atoms with van der Waals surface area (Å²) in [4.78, 5) is 14.9. The van der Waals surface area contributed by atoms with E-state index in [1.54, 1.807) is 18.3 Å². The number of hydrogen-bond donors (Lipinski definition) is 1. The SMILES string of the molecule is C=C(/C=C(\C=C/C)CC(=O)O)c1ccnc(C)c1.CCC. The van der Waals surface area contributed by atoms with E-state index in [0.717, 1.165) is 22.4 Å². The molecule has 1 N–H and O–H groups in total. The zero-order chi connectivity index (χ0) is 16.3. The fraction of sp³-hybridized carbons (Fsp3) is 0.333. The van der Waals surface area contributed by atoms with Crippen LogP contribution in [-0.2, 0) is 4.79 Å². The quantitative estimate of drug-likeness (QED) is 0.792. The van der Waals surface area contributed by atoms with Crippen molar-refractivity contribution < 1.29 is 9.90 Å². The number of aliphatic carboxylic acids is 1. The number of aryl methyl sites for hydroxylation is 1. The zero-order valence-corrected chi connectivity index (χ0v) is 13.4. The van der Waals surface area contributed by atoms with Gasteiger partial charge >= 0.3 is 5.97 Å². The predicted molar refractivity (Wildman–Crippen MR) is 89.1 cm³/mol. The number of carboxylic acids is 1. The van der Waals surface area contributed by atoms with E-state index in [-0.39, 0.29) is 6.42 Å². The third-order valence-electron chi connectivity index (χ3n) is 2.36. The highest BCUT2D eigenvalue weighted by atomic mass is 16.4. The monoisotopic (exact) mass is 287 g/mol. The molecule has 0 aromatic carbocycles. The van der Waals surface area contributed by atoms with Crippen molar-refractivity contribution in [1.82, 2.24) is 4.98 Å². The maximum Gasteiger partial charge on any atom is 0.307 e. The van der Waals surface area contributed by atoms with Gasteiger partial charge in [-0.15, -0.1) is 0 Å². The lowest BCUT2D eigenvalue weighted by Gasteiger charge is -2.04. The van der Waals surface area contributed by atoms with Crippen LogP contribution >= 0.6 is 0 Å². The Bertz CT molecular complexity index is 528. The van der Waals surface area contributed by atoms with E-state index >= 15 is 0 Å². The summed E-state index contributed by atoms with van der Waals surface area (Å²) < 4.78 is 0. The average molecular weight is 287 g/mol. The van der Waals surface area contributed by atoms with Crippen molar-refractivity contribution in [1.29, 1.82) is 0 Å².